The molecule has 1 aromatic carbocycles. The number of carbonyl (C=O) groups excluding carboxylic acids is 2. The third kappa shape index (κ3) is 16.6. The van der Waals surface area contributed by atoms with Crippen molar-refractivity contribution in [3.63, 3.8) is 0 Å². The molecule has 13 rings (SSSR count). The average molecular weight is 1720 g/mol. The first-order valence-electron chi connectivity index (χ1n) is 41.4. The highest BCUT2D eigenvalue weighted by molar-refractivity contribution is 5.87. The van der Waals surface area contributed by atoms with Crippen molar-refractivity contribution >= 4 is 24.0 Å². The molecule has 0 unspecified atom stereocenters. The molecular weight excluding hydrogens is 1600 g/mol. The summed E-state index contributed by atoms with van der Waals surface area (Å²) in [6.45, 7) is 12.3. The lowest BCUT2D eigenvalue weighted by molar-refractivity contribution is -0.404. The second kappa shape index (κ2) is 36.0. The van der Waals surface area contributed by atoms with E-state index in [-0.39, 0.29) is 38.5 Å². The summed E-state index contributed by atoms with van der Waals surface area (Å²) >= 11 is 0. The van der Waals surface area contributed by atoms with Crippen LogP contribution in [0.15, 0.2) is 42.0 Å². The summed E-state index contributed by atoms with van der Waals surface area (Å²) < 4.78 is 99.1. The van der Waals surface area contributed by atoms with Crippen LogP contribution in [-0.2, 0) is 85.4 Å². The van der Waals surface area contributed by atoms with E-state index in [1.165, 1.54) is 47.8 Å². The van der Waals surface area contributed by atoms with Crippen LogP contribution >= 0.6 is 0 Å². The van der Waals surface area contributed by atoms with E-state index in [0.717, 1.165) is 11.6 Å². The molecule has 7 saturated heterocycles. The van der Waals surface area contributed by atoms with Crippen molar-refractivity contribution in [3.8, 4) is 5.75 Å². The summed E-state index contributed by atoms with van der Waals surface area (Å²) in [5.41, 5.74) is -5.75. The zero-order chi connectivity index (χ0) is 87.4. The number of aliphatic hydroxyl groups excluding tert-OH is 19. The monoisotopic (exact) mass is 1720 g/mol. The lowest BCUT2D eigenvalue weighted by atomic mass is 9.33. The third-order valence-electron chi connectivity index (χ3n) is 29.0. The van der Waals surface area contributed by atoms with Gasteiger partial charge in [-0.05, 0) is 150 Å². The minimum Gasteiger partial charge on any atom is -0.497 e. The van der Waals surface area contributed by atoms with Crippen molar-refractivity contribution < 1.29 is 192 Å². The highest BCUT2D eigenvalue weighted by Gasteiger charge is 2.74. The molecule has 0 amide bonds. The first kappa shape index (κ1) is 93.3. The van der Waals surface area contributed by atoms with E-state index < -0.39 is 316 Å². The van der Waals surface area contributed by atoms with Gasteiger partial charge < -0.3 is 178 Å². The molecule has 44 atom stereocenters. The summed E-state index contributed by atoms with van der Waals surface area (Å²) in [4.78, 5) is 45.2. The Kier molecular flexibility index (Phi) is 28.0. The second-order valence-electron chi connectivity index (χ2n) is 36.5. The normalized spacial score (nSPS) is 50.9. The average Bonchev–Trinajstić information content (AvgIpc) is 0.666. The van der Waals surface area contributed by atoms with E-state index in [1.807, 2.05) is 26.8 Å². The number of hydrogen-bond donors (Lipinski definition) is 20. The van der Waals surface area contributed by atoms with Gasteiger partial charge in [-0.25, -0.2) is 4.79 Å². The van der Waals surface area contributed by atoms with Gasteiger partial charge in [-0.15, -0.1) is 0 Å². The van der Waals surface area contributed by atoms with Crippen molar-refractivity contribution in [1.82, 2.24) is 0 Å². The molecule has 7 heterocycles. The molecule has 4 saturated carbocycles. The fourth-order valence-corrected chi connectivity index (χ4v) is 21.9. The van der Waals surface area contributed by atoms with Crippen molar-refractivity contribution in [2.75, 3.05) is 33.5 Å². The maximum absolute atomic E-state index is 16.7. The van der Waals surface area contributed by atoms with E-state index in [9.17, 15) is 112 Å². The van der Waals surface area contributed by atoms with Crippen molar-refractivity contribution in [3.05, 3.63) is 47.6 Å². The highest BCUT2D eigenvalue weighted by atomic mass is 16.8. The number of carboxylic acids is 1. The molecule has 0 radical (unpaired) electrons. The van der Waals surface area contributed by atoms with E-state index >= 15 is 4.79 Å². The molecule has 0 aromatic heterocycles. The Balaban J connectivity index is 0.854. The van der Waals surface area contributed by atoms with Gasteiger partial charge in [0.2, 0.25) is 6.29 Å². The predicted octanol–water partition coefficient (Wildman–Crippen LogP) is -4.53. The Morgan fingerprint density at radius 3 is 1.55 bits per heavy atom. The number of rotatable bonds is 22. The largest absolute Gasteiger partial charge is 0.497 e. The Labute approximate surface area is 692 Å². The number of hydrogen-bond acceptors (Lipinski definition) is 38. The summed E-state index contributed by atoms with van der Waals surface area (Å²) in [5, 5.41) is 225. The number of ether oxygens (including phenoxy) is 16. The number of aliphatic hydroxyl groups is 19. The van der Waals surface area contributed by atoms with Crippen LogP contribution in [-0.4, -0.2) is 375 Å². The lowest BCUT2D eigenvalue weighted by Crippen LogP contribution is -2.71. The smallest absolute Gasteiger partial charge is 0.331 e. The summed E-state index contributed by atoms with van der Waals surface area (Å²) in [6.07, 6.45) is -59.1. The van der Waals surface area contributed by atoms with Gasteiger partial charge >= 0.3 is 17.9 Å². The summed E-state index contributed by atoms with van der Waals surface area (Å²) in [6, 6.07) is 6.57. The molecule has 5 aliphatic carbocycles. The van der Waals surface area contributed by atoms with Crippen molar-refractivity contribution in [2.45, 2.75) is 341 Å². The predicted molar refractivity (Wildman–Crippen MR) is 400 cm³/mol. The van der Waals surface area contributed by atoms with Gasteiger partial charge in [-0.3, -0.25) is 9.59 Å². The van der Waals surface area contributed by atoms with Crippen LogP contribution in [0.2, 0.25) is 0 Å². The molecule has 0 bridgehead atoms. The lowest BCUT2D eigenvalue weighted by Gasteiger charge is -2.71. The maximum atomic E-state index is 16.7. The zero-order valence-electron chi connectivity index (χ0n) is 68.5. The number of fused-ring (bicyclic) bond motifs is 7. The number of carbonyl (C=O) groups is 3. The Morgan fingerprint density at radius 1 is 0.483 bits per heavy atom. The molecule has 20 N–H and O–H groups in total. The van der Waals surface area contributed by atoms with Gasteiger partial charge in [0, 0.05) is 11.5 Å². The van der Waals surface area contributed by atoms with Gasteiger partial charge in [-0.1, -0.05) is 51.5 Å². The Morgan fingerprint density at radius 2 is 0.983 bits per heavy atom. The fraction of sp³-hybridized carbons (Fsp3) is 0.840. The Bertz CT molecular complexity index is 3740. The van der Waals surface area contributed by atoms with Gasteiger partial charge in [0.05, 0.1) is 74.9 Å². The molecule has 0 spiro atoms. The number of allylic oxidation sites excluding steroid dienone is 1. The summed E-state index contributed by atoms with van der Waals surface area (Å²) in [5.74, 6) is -4.72. The minimum atomic E-state index is -2.30. The molecule has 7 aliphatic heterocycles. The minimum absolute atomic E-state index is 0.0380. The van der Waals surface area contributed by atoms with Gasteiger partial charge in [-0.2, -0.15) is 0 Å². The second-order valence-corrected chi connectivity index (χ2v) is 36.5. The van der Waals surface area contributed by atoms with Crippen LogP contribution in [0.25, 0.3) is 6.08 Å². The van der Waals surface area contributed by atoms with Gasteiger partial charge in [0.25, 0.3) is 0 Å². The van der Waals surface area contributed by atoms with Crippen LogP contribution in [0, 0.1) is 50.2 Å². The van der Waals surface area contributed by atoms with Crippen LogP contribution in [0.3, 0.4) is 0 Å². The molecule has 39 heteroatoms. The third-order valence-corrected chi connectivity index (χ3v) is 29.0. The van der Waals surface area contributed by atoms with Crippen LogP contribution < -0.4 is 4.74 Å². The van der Waals surface area contributed by atoms with Crippen LogP contribution in [0.5, 0.6) is 5.75 Å². The molecule has 11 fully saturated rings. The zero-order valence-corrected chi connectivity index (χ0v) is 68.5. The molecule has 120 heavy (non-hydrogen) atoms. The number of benzene rings is 1. The van der Waals surface area contributed by atoms with Crippen molar-refractivity contribution in [1.29, 1.82) is 0 Å². The number of carboxylic acid groups (broad SMARTS) is 1. The highest BCUT2D eigenvalue weighted by Crippen LogP contribution is 2.76. The molecule has 1 aromatic rings. The van der Waals surface area contributed by atoms with E-state index in [4.69, 9.17) is 75.8 Å². The van der Waals surface area contributed by atoms with E-state index in [2.05, 4.69) is 6.92 Å². The van der Waals surface area contributed by atoms with Crippen LogP contribution in [0.4, 0.5) is 0 Å². The molecular formula is C81H122O39. The molecule has 12 aliphatic rings. The Hall–Kier alpha value is -4.37. The number of esters is 2. The fourth-order valence-electron chi connectivity index (χ4n) is 21.9. The number of methoxy groups -OCH3 is 1. The van der Waals surface area contributed by atoms with Gasteiger partial charge in [0.1, 0.15) is 140 Å². The first-order chi connectivity index (χ1) is 56.5. The first-order valence-corrected chi connectivity index (χ1v) is 41.4. The van der Waals surface area contributed by atoms with Crippen LogP contribution in [0.1, 0.15) is 126 Å². The topological polar surface area (TPSA) is 603 Å². The van der Waals surface area contributed by atoms with Crippen molar-refractivity contribution in [2.24, 2.45) is 50.2 Å². The van der Waals surface area contributed by atoms with Gasteiger partial charge in [0.15, 0.2) is 49.9 Å². The molecule has 680 valence electrons. The number of aliphatic carboxylic acids is 1. The standard InChI is InChI=1S/C81H122O39/c1-31-46(87)51(92)56(97)68(107-31)116-63-60(101)72(109-33(3)61(63)115-67-55(96)50(91)42(29-106-67)113-70-58(99)53(94)48(89)40(27-82)111-70)118-65-64(117-69-57(98)52(93)47(88)32(2)108-69)62(114-45(86)18-13-35-11-14-36(105-10)15-12-35)34(4)110-73(65)120-75(104)80-22-21-76(5,6)25-38(80)37-16-17-43-77(7)26-39(85)66(119-71-59(100)54(95)49(90)41(28-83)112-71)79(9,74(102)103)44(77)19-20-78(43,8)81(37,30-84)24-23-80/h11-16,18,31-34,38-44,46-73,82-85,87-101H,17,19-30H2,1-10H3,(H,102,103)/b18-13+/t31-,32+,33-,34-,38-,39+,40+,41-,42-,43-,44+,46-,47-,48-,49-,50+,51-,52-,53-,54-,55+,56-,57+,58-,59-,60+,61-,62-,63+,64+,65-,66+,67-,68-,69+,70+,71+,72+,73-,77-,78+,79-,80-,81+/m1/s1. The maximum Gasteiger partial charge on any atom is 0.331 e. The SMILES string of the molecule is COc1ccc(/C=C/C(=O)O[C@H]2[C@H](O[C@@H]3O[C@@H](C)[C@@H](O)[C@@H](O)[C@@H]3O)[C@@H](O[C@@H]3O[C@H](C)[C@@H](O[C@H]4OC[C@@H](O[C@@H]5O[C@@H](CO)[C@@H](O)[C@@H](O)[C@H]5O)[C@H](O)[C@@H]4O)[C@@H](O[C@H]4O[C@H](C)[C@@H](O)[C@@H](O)[C@H]4O)[C@@H]3O)[C@@H](OC(=O)[C@@]34CCC(C)(C)C[C@@H]3C3=CC[C@@H]5[C@@]6(C)C[C@H](O)[C@H](O[C@@H]7O[C@H](CO)[C@@H](O)[C@@H](O)[C@H]7O)[C@](C)(C(=O)O)[C@H]6CC[C@]5(C)[C@]3(CO)CC4)O[C@@H]2C)cc1. The summed E-state index contributed by atoms with van der Waals surface area (Å²) in [7, 11) is 1.47. The van der Waals surface area contributed by atoms with E-state index in [1.54, 1.807) is 24.3 Å². The molecule has 39 nitrogen and oxygen atoms in total. The van der Waals surface area contributed by atoms with E-state index in [0.29, 0.717) is 30.6 Å². The quantitative estimate of drug-likeness (QED) is 0.0225.